The third-order valence-corrected chi connectivity index (χ3v) is 3.44. The Hall–Kier alpha value is -1.52. The largest absolute Gasteiger partial charge is 0.381 e. The second kappa shape index (κ2) is 6.08. The summed E-state index contributed by atoms with van der Waals surface area (Å²) in [5.41, 5.74) is 7.51. The van der Waals surface area contributed by atoms with Crippen LogP contribution >= 0.6 is 27.5 Å². The standard InChI is InChI=1S/C14H12BrClN2O/c15-10-3-1-2-9(6-10)8-18-11-4-5-13(16)12(7-11)14(17)19/h1-7,18H,8H2,(H2,17,19). The van der Waals surface area contributed by atoms with Gasteiger partial charge in [0.25, 0.3) is 0 Å². The van der Waals surface area contributed by atoms with Crippen LogP contribution in [0.5, 0.6) is 0 Å². The summed E-state index contributed by atoms with van der Waals surface area (Å²) < 4.78 is 1.03. The van der Waals surface area contributed by atoms with E-state index in [0.29, 0.717) is 17.1 Å². The van der Waals surface area contributed by atoms with Crippen LogP contribution in [0.15, 0.2) is 46.9 Å². The molecule has 3 N–H and O–H groups in total. The van der Waals surface area contributed by atoms with Gasteiger partial charge in [-0.05, 0) is 35.9 Å². The maximum absolute atomic E-state index is 11.2. The fraction of sp³-hybridized carbons (Fsp3) is 0.0714. The smallest absolute Gasteiger partial charge is 0.250 e. The van der Waals surface area contributed by atoms with E-state index in [0.717, 1.165) is 15.7 Å². The van der Waals surface area contributed by atoms with E-state index in [1.165, 1.54) is 0 Å². The minimum Gasteiger partial charge on any atom is -0.381 e. The average Bonchev–Trinajstić information content (AvgIpc) is 2.37. The number of nitrogens with one attached hydrogen (secondary N) is 1. The first-order valence-corrected chi connectivity index (χ1v) is 6.81. The lowest BCUT2D eigenvalue weighted by Crippen LogP contribution is -2.12. The van der Waals surface area contributed by atoms with Gasteiger partial charge in [-0.15, -0.1) is 0 Å². The molecule has 0 aliphatic carbocycles. The van der Waals surface area contributed by atoms with E-state index in [1.807, 2.05) is 30.3 Å². The van der Waals surface area contributed by atoms with Crippen molar-refractivity contribution in [3.05, 3.63) is 63.1 Å². The minimum absolute atomic E-state index is 0.320. The molecular weight excluding hydrogens is 328 g/mol. The van der Waals surface area contributed by atoms with Crippen molar-refractivity contribution in [2.24, 2.45) is 5.73 Å². The van der Waals surface area contributed by atoms with Crippen molar-refractivity contribution in [2.75, 3.05) is 5.32 Å². The first kappa shape index (κ1) is 13.9. The molecule has 0 bridgehead atoms. The summed E-state index contributed by atoms with van der Waals surface area (Å²) in [6, 6.07) is 13.1. The molecule has 2 aromatic rings. The maximum atomic E-state index is 11.2. The molecule has 0 unspecified atom stereocenters. The third-order valence-electron chi connectivity index (χ3n) is 2.62. The van der Waals surface area contributed by atoms with Crippen LogP contribution in [0, 0.1) is 0 Å². The van der Waals surface area contributed by atoms with Crippen molar-refractivity contribution < 1.29 is 4.79 Å². The van der Waals surface area contributed by atoms with Crippen molar-refractivity contribution in [1.82, 2.24) is 0 Å². The molecule has 0 aliphatic heterocycles. The SMILES string of the molecule is NC(=O)c1cc(NCc2cccc(Br)c2)ccc1Cl. The normalized spacial score (nSPS) is 10.2. The topological polar surface area (TPSA) is 55.1 Å². The van der Waals surface area contributed by atoms with Crippen LogP contribution in [0.1, 0.15) is 15.9 Å². The van der Waals surface area contributed by atoms with E-state index in [2.05, 4.69) is 21.2 Å². The fourth-order valence-corrected chi connectivity index (χ4v) is 2.33. The highest BCUT2D eigenvalue weighted by Gasteiger charge is 2.07. The Bertz CT molecular complexity index is 616. The number of carbonyl (C=O) groups excluding carboxylic acids is 1. The summed E-state index contributed by atoms with van der Waals surface area (Å²) in [6.45, 7) is 0.652. The highest BCUT2D eigenvalue weighted by atomic mass is 79.9. The summed E-state index contributed by atoms with van der Waals surface area (Å²) in [5, 5.41) is 3.58. The summed E-state index contributed by atoms with van der Waals surface area (Å²) in [6.07, 6.45) is 0. The van der Waals surface area contributed by atoms with Crippen molar-refractivity contribution in [3.8, 4) is 0 Å². The monoisotopic (exact) mass is 338 g/mol. The zero-order valence-corrected chi connectivity index (χ0v) is 12.3. The molecule has 0 saturated heterocycles. The number of hydrogen-bond donors (Lipinski definition) is 2. The molecule has 5 heteroatoms. The lowest BCUT2D eigenvalue weighted by Gasteiger charge is -2.09. The number of halogens is 2. The van der Waals surface area contributed by atoms with Gasteiger partial charge in [0.15, 0.2) is 0 Å². The van der Waals surface area contributed by atoms with E-state index < -0.39 is 5.91 Å². The van der Waals surface area contributed by atoms with Crippen LogP contribution in [-0.2, 0) is 6.54 Å². The summed E-state index contributed by atoms with van der Waals surface area (Å²) >= 11 is 9.32. The third kappa shape index (κ3) is 3.72. The predicted molar refractivity (Wildman–Crippen MR) is 81.4 cm³/mol. The van der Waals surface area contributed by atoms with Crippen LogP contribution in [0.4, 0.5) is 5.69 Å². The van der Waals surface area contributed by atoms with Gasteiger partial charge in [-0.3, -0.25) is 4.79 Å². The Morgan fingerprint density at radius 1 is 1.26 bits per heavy atom. The molecule has 0 atom stereocenters. The first-order valence-electron chi connectivity index (χ1n) is 5.64. The van der Waals surface area contributed by atoms with Crippen LogP contribution in [0.2, 0.25) is 5.02 Å². The van der Waals surface area contributed by atoms with Crippen molar-refractivity contribution in [1.29, 1.82) is 0 Å². The van der Waals surface area contributed by atoms with Gasteiger partial charge >= 0.3 is 0 Å². The van der Waals surface area contributed by atoms with Gasteiger partial charge in [-0.25, -0.2) is 0 Å². The van der Waals surface area contributed by atoms with Crippen LogP contribution in [0.25, 0.3) is 0 Å². The number of benzene rings is 2. The summed E-state index contributed by atoms with van der Waals surface area (Å²) in [7, 11) is 0. The van der Waals surface area contributed by atoms with Gasteiger partial charge < -0.3 is 11.1 Å². The molecule has 1 amide bonds. The van der Waals surface area contributed by atoms with Crippen molar-refractivity contribution >= 4 is 39.1 Å². The van der Waals surface area contributed by atoms with Gasteiger partial charge in [0.2, 0.25) is 5.91 Å². The predicted octanol–water partition coefficient (Wildman–Crippen LogP) is 3.81. The highest BCUT2D eigenvalue weighted by Crippen LogP contribution is 2.21. The van der Waals surface area contributed by atoms with E-state index >= 15 is 0 Å². The molecule has 0 spiro atoms. The molecule has 19 heavy (non-hydrogen) atoms. The van der Waals surface area contributed by atoms with Gasteiger partial charge in [0.1, 0.15) is 0 Å². The van der Waals surface area contributed by atoms with E-state index in [4.69, 9.17) is 17.3 Å². The molecular formula is C14H12BrClN2O. The molecule has 0 saturated carbocycles. The Balaban J connectivity index is 2.12. The van der Waals surface area contributed by atoms with Crippen LogP contribution in [-0.4, -0.2) is 5.91 Å². The second-order valence-electron chi connectivity index (χ2n) is 4.04. The highest BCUT2D eigenvalue weighted by molar-refractivity contribution is 9.10. The average molecular weight is 340 g/mol. The Morgan fingerprint density at radius 3 is 2.74 bits per heavy atom. The number of nitrogens with two attached hydrogens (primary N) is 1. The minimum atomic E-state index is -0.531. The molecule has 2 aromatic carbocycles. The molecule has 98 valence electrons. The number of rotatable bonds is 4. The molecule has 0 fully saturated rings. The van der Waals surface area contributed by atoms with Gasteiger partial charge in [0, 0.05) is 16.7 Å². The Morgan fingerprint density at radius 2 is 2.05 bits per heavy atom. The number of hydrogen-bond acceptors (Lipinski definition) is 2. The second-order valence-corrected chi connectivity index (χ2v) is 5.37. The maximum Gasteiger partial charge on any atom is 0.250 e. The molecule has 3 nitrogen and oxygen atoms in total. The van der Waals surface area contributed by atoms with E-state index in [-0.39, 0.29) is 0 Å². The van der Waals surface area contributed by atoms with Crippen molar-refractivity contribution in [3.63, 3.8) is 0 Å². The number of primary amides is 1. The Labute approximate surface area is 124 Å². The molecule has 0 aromatic heterocycles. The quantitative estimate of drug-likeness (QED) is 0.890. The van der Waals surface area contributed by atoms with Gasteiger partial charge in [-0.1, -0.05) is 39.7 Å². The lowest BCUT2D eigenvalue weighted by atomic mass is 10.1. The molecule has 0 heterocycles. The van der Waals surface area contributed by atoms with Crippen LogP contribution < -0.4 is 11.1 Å². The molecule has 0 aliphatic rings. The number of amides is 1. The first-order chi connectivity index (χ1) is 9.06. The van der Waals surface area contributed by atoms with E-state index in [9.17, 15) is 4.79 Å². The lowest BCUT2D eigenvalue weighted by molar-refractivity contribution is 0.100. The number of carbonyl (C=O) groups is 1. The van der Waals surface area contributed by atoms with Gasteiger partial charge in [0.05, 0.1) is 10.6 Å². The zero-order valence-electron chi connectivity index (χ0n) is 9.99. The fourth-order valence-electron chi connectivity index (χ4n) is 1.68. The molecule has 2 rings (SSSR count). The van der Waals surface area contributed by atoms with Gasteiger partial charge in [-0.2, -0.15) is 0 Å². The van der Waals surface area contributed by atoms with Crippen LogP contribution in [0.3, 0.4) is 0 Å². The zero-order chi connectivity index (χ0) is 13.8. The Kier molecular flexibility index (Phi) is 4.45. The van der Waals surface area contributed by atoms with Crippen molar-refractivity contribution in [2.45, 2.75) is 6.54 Å². The number of anilines is 1. The summed E-state index contributed by atoms with van der Waals surface area (Å²) in [5.74, 6) is -0.531. The summed E-state index contributed by atoms with van der Waals surface area (Å²) in [4.78, 5) is 11.2. The van der Waals surface area contributed by atoms with E-state index in [1.54, 1.807) is 12.1 Å². The molecule has 0 radical (unpaired) electrons.